The quantitative estimate of drug-likeness (QED) is 0.246. The first kappa shape index (κ1) is 33.6. The molecule has 0 saturated heterocycles. The number of allylic oxidation sites excluding steroid dienone is 3. The number of rotatable bonds is 9. The predicted octanol–water partition coefficient (Wildman–Crippen LogP) is 9.02. The Hall–Kier alpha value is -1.61. The molecule has 1 aromatic carbocycles. The van der Waals surface area contributed by atoms with Crippen molar-refractivity contribution < 1.29 is 0 Å². The second-order valence-electron chi connectivity index (χ2n) is 9.77. The van der Waals surface area contributed by atoms with Gasteiger partial charge in [0.1, 0.15) is 0 Å². The Labute approximate surface area is 212 Å². The predicted molar refractivity (Wildman–Crippen MR) is 157 cm³/mol. The molecule has 1 unspecified atom stereocenters. The molecule has 2 N–H and O–H groups in total. The Bertz CT molecular complexity index is 693. The van der Waals surface area contributed by atoms with Crippen molar-refractivity contribution in [3.63, 3.8) is 0 Å². The van der Waals surface area contributed by atoms with Crippen LogP contribution in [0, 0.1) is 11.3 Å². The molecule has 0 radical (unpaired) electrons. The third kappa shape index (κ3) is 15.8. The topological polar surface area (TPSA) is 24.1 Å². The maximum atomic E-state index is 4.17. The number of nitrogens with one attached hydrogen (secondary N) is 2. The zero-order valence-corrected chi connectivity index (χ0v) is 24.4. The molecule has 1 heterocycles. The molecule has 0 amide bonds. The van der Waals surface area contributed by atoms with Gasteiger partial charge in [0.15, 0.2) is 0 Å². The summed E-state index contributed by atoms with van der Waals surface area (Å²) in [6, 6.07) is 8.87. The third-order valence-electron chi connectivity index (χ3n) is 5.22. The van der Waals surface area contributed by atoms with Gasteiger partial charge in [0.25, 0.3) is 0 Å². The summed E-state index contributed by atoms with van der Waals surface area (Å²) in [5.41, 5.74) is 8.25. The first-order valence-electron chi connectivity index (χ1n) is 12.6. The van der Waals surface area contributed by atoms with Crippen LogP contribution in [0.5, 0.6) is 0 Å². The summed E-state index contributed by atoms with van der Waals surface area (Å²) >= 11 is 3.53. The zero-order valence-electron chi connectivity index (χ0n) is 23.5. The van der Waals surface area contributed by atoms with Gasteiger partial charge < -0.3 is 10.6 Å². The Morgan fingerprint density at radius 1 is 1.12 bits per heavy atom. The average molecular weight is 475 g/mol. The molecular weight excluding hydrogens is 420 g/mol. The molecule has 0 saturated carbocycles. The molecule has 0 fully saturated rings. The second-order valence-corrected chi connectivity index (χ2v) is 9.77. The molecule has 1 aromatic rings. The normalized spacial score (nSPS) is 12.8. The minimum absolute atomic E-state index is 0.422. The summed E-state index contributed by atoms with van der Waals surface area (Å²) < 4.78 is 0. The number of unbranched alkanes of at least 4 members (excludes halogenated alkanes) is 1. The minimum atomic E-state index is 0.422. The summed E-state index contributed by atoms with van der Waals surface area (Å²) in [6.07, 6.45) is 6.58. The van der Waals surface area contributed by atoms with Crippen molar-refractivity contribution in [3.8, 4) is 0 Å². The molecular formula is C30H54N2S. The van der Waals surface area contributed by atoms with E-state index in [1.807, 2.05) is 13.8 Å². The van der Waals surface area contributed by atoms with E-state index in [9.17, 15) is 0 Å². The fourth-order valence-electron chi connectivity index (χ4n) is 3.48. The first-order valence-corrected chi connectivity index (χ1v) is 13.5. The van der Waals surface area contributed by atoms with Gasteiger partial charge in [0.05, 0.1) is 0 Å². The SMILES string of the molecule is C=C(C)CC(C)(C)C.C=C(NCc1ccc(C2=C(C)NC2)cc1)C(C)CCCC.CC.CS. The summed E-state index contributed by atoms with van der Waals surface area (Å²) in [5, 5.41) is 6.77. The van der Waals surface area contributed by atoms with Crippen LogP contribution >= 0.6 is 12.6 Å². The van der Waals surface area contributed by atoms with Crippen LogP contribution in [0.4, 0.5) is 0 Å². The van der Waals surface area contributed by atoms with Crippen molar-refractivity contribution in [1.29, 1.82) is 0 Å². The highest BCUT2D eigenvalue weighted by Gasteiger charge is 2.13. The van der Waals surface area contributed by atoms with Crippen molar-refractivity contribution in [2.24, 2.45) is 11.3 Å². The molecule has 33 heavy (non-hydrogen) atoms. The van der Waals surface area contributed by atoms with Crippen LogP contribution in [0.2, 0.25) is 0 Å². The Morgan fingerprint density at radius 3 is 2.00 bits per heavy atom. The minimum Gasteiger partial charge on any atom is -0.385 e. The van der Waals surface area contributed by atoms with Gasteiger partial charge in [-0.05, 0) is 61.0 Å². The summed E-state index contributed by atoms with van der Waals surface area (Å²) in [4.78, 5) is 0. The van der Waals surface area contributed by atoms with E-state index in [4.69, 9.17) is 0 Å². The molecule has 190 valence electrons. The van der Waals surface area contributed by atoms with E-state index in [1.165, 1.54) is 47.2 Å². The van der Waals surface area contributed by atoms with Crippen molar-refractivity contribution >= 4 is 18.2 Å². The van der Waals surface area contributed by atoms with E-state index >= 15 is 0 Å². The third-order valence-corrected chi connectivity index (χ3v) is 5.22. The molecule has 2 nitrogen and oxygen atoms in total. The number of benzene rings is 1. The van der Waals surface area contributed by atoms with Crippen LogP contribution in [0.25, 0.3) is 5.57 Å². The Morgan fingerprint density at radius 2 is 1.67 bits per heavy atom. The maximum Gasteiger partial charge on any atom is 0.0420 e. The van der Waals surface area contributed by atoms with E-state index in [2.05, 4.69) is 109 Å². The van der Waals surface area contributed by atoms with Gasteiger partial charge in [-0.25, -0.2) is 0 Å². The first-order chi connectivity index (χ1) is 15.5. The molecule has 1 aliphatic rings. The fourth-order valence-corrected chi connectivity index (χ4v) is 3.48. The van der Waals surface area contributed by atoms with Gasteiger partial charge in [-0.1, -0.05) is 97.7 Å². The molecule has 0 aromatic heterocycles. The van der Waals surface area contributed by atoms with Crippen molar-refractivity contribution in [3.05, 3.63) is 65.5 Å². The van der Waals surface area contributed by atoms with Crippen LogP contribution < -0.4 is 10.6 Å². The number of thiol groups is 1. The Balaban J connectivity index is 0. The Kier molecular flexibility index (Phi) is 19.1. The summed E-state index contributed by atoms with van der Waals surface area (Å²) in [5.74, 6) is 0.554. The van der Waals surface area contributed by atoms with Crippen molar-refractivity contribution in [2.45, 2.75) is 94.5 Å². The highest BCUT2D eigenvalue weighted by Crippen LogP contribution is 2.24. The van der Waals surface area contributed by atoms with Crippen LogP contribution in [-0.2, 0) is 6.54 Å². The zero-order chi connectivity index (χ0) is 26.0. The second kappa shape index (κ2) is 18.8. The lowest BCUT2D eigenvalue weighted by molar-refractivity contribution is 0.410. The van der Waals surface area contributed by atoms with Gasteiger partial charge in [-0.3, -0.25) is 0 Å². The lowest BCUT2D eigenvalue weighted by atomic mass is 9.89. The van der Waals surface area contributed by atoms with Gasteiger partial charge >= 0.3 is 0 Å². The van der Waals surface area contributed by atoms with Crippen molar-refractivity contribution in [1.82, 2.24) is 10.6 Å². The number of hydrogen-bond acceptors (Lipinski definition) is 3. The van der Waals surface area contributed by atoms with E-state index < -0.39 is 0 Å². The van der Waals surface area contributed by atoms with Crippen LogP contribution in [0.3, 0.4) is 0 Å². The van der Waals surface area contributed by atoms with Gasteiger partial charge in [-0.15, -0.1) is 6.58 Å². The van der Waals surface area contributed by atoms with E-state index in [-0.39, 0.29) is 0 Å². The molecule has 0 bridgehead atoms. The van der Waals surface area contributed by atoms with E-state index in [0.717, 1.165) is 25.2 Å². The molecule has 1 aliphatic heterocycles. The van der Waals surface area contributed by atoms with Crippen LogP contribution in [-0.4, -0.2) is 12.8 Å². The standard InChI is InChI=1S/C19H28N2.C8H16.C2H6.CH4S/c1-5-6-7-14(2)15(3)20-12-17-8-10-18(11-9-17)19-13-21-16(19)4;1-7(2)6-8(3,4)5;2*1-2/h8-11,14,20-21H,3,5-7,12-13H2,1-2,4H3;1,6H2,2-5H3;1-2H3;2H,1H3. The summed E-state index contributed by atoms with van der Waals surface area (Å²) in [6.45, 7) is 29.2. The summed E-state index contributed by atoms with van der Waals surface area (Å²) in [7, 11) is 0. The molecule has 3 heteroatoms. The molecule has 2 rings (SSSR count). The smallest absolute Gasteiger partial charge is 0.0420 e. The van der Waals surface area contributed by atoms with Crippen LogP contribution in [0.15, 0.2) is 54.4 Å². The average Bonchev–Trinajstić information content (AvgIpc) is 2.77. The molecule has 0 aliphatic carbocycles. The van der Waals surface area contributed by atoms with E-state index in [1.54, 1.807) is 6.26 Å². The lowest BCUT2D eigenvalue weighted by Crippen LogP contribution is -2.27. The maximum absolute atomic E-state index is 4.17. The van der Waals surface area contributed by atoms with Crippen LogP contribution in [0.1, 0.15) is 99.1 Å². The van der Waals surface area contributed by atoms with Gasteiger partial charge in [0.2, 0.25) is 0 Å². The lowest BCUT2D eigenvalue weighted by Gasteiger charge is -2.24. The largest absolute Gasteiger partial charge is 0.385 e. The monoisotopic (exact) mass is 474 g/mol. The van der Waals surface area contributed by atoms with Crippen molar-refractivity contribution in [2.75, 3.05) is 12.8 Å². The fraction of sp³-hybridized carbons (Fsp3) is 0.600. The highest BCUT2D eigenvalue weighted by molar-refractivity contribution is 7.79. The van der Waals surface area contributed by atoms with Gasteiger partial charge in [-0.2, -0.15) is 12.6 Å². The molecule has 1 atom stereocenters. The molecule has 0 spiro atoms. The van der Waals surface area contributed by atoms with Gasteiger partial charge in [0, 0.05) is 24.5 Å². The number of hydrogen-bond donors (Lipinski definition) is 3. The van der Waals surface area contributed by atoms with E-state index in [0.29, 0.717) is 11.3 Å². The highest BCUT2D eigenvalue weighted by atomic mass is 32.1.